The monoisotopic (exact) mass is 537 g/mol. The van der Waals surface area contributed by atoms with E-state index in [1.807, 2.05) is 0 Å². The van der Waals surface area contributed by atoms with Crippen LogP contribution in [0.1, 0.15) is 71.7 Å². The smallest absolute Gasteiger partial charge is 0.213 e. The third kappa shape index (κ3) is 6.22. The fourth-order valence-electron chi connectivity index (χ4n) is 6.60. The Hall–Kier alpha value is -2.70. The van der Waals surface area contributed by atoms with Gasteiger partial charge in [-0.2, -0.15) is 0 Å². The van der Waals surface area contributed by atoms with Gasteiger partial charge in [-0.3, -0.25) is 0 Å². The first-order valence-electron chi connectivity index (χ1n) is 14.7. The normalized spacial score (nSPS) is 22.2. The number of aromatic nitrogens is 1. The predicted octanol–water partition coefficient (Wildman–Crippen LogP) is 9.01. The summed E-state index contributed by atoms with van der Waals surface area (Å²) in [7, 11) is -0.746. The van der Waals surface area contributed by atoms with Gasteiger partial charge in [0, 0.05) is 17.1 Å². The Morgan fingerprint density at radius 3 is 2.13 bits per heavy atom. The molecule has 0 amide bonds. The van der Waals surface area contributed by atoms with Crippen molar-refractivity contribution in [2.24, 2.45) is 23.2 Å². The molecule has 0 N–H and O–H groups in total. The maximum Gasteiger partial charge on any atom is 0.213 e. The van der Waals surface area contributed by atoms with Crippen LogP contribution in [0.4, 0.5) is 0 Å². The lowest BCUT2D eigenvalue weighted by Crippen LogP contribution is -2.36. The van der Waals surface area contributed by atoms with Crippen LogP contribution in [0.2, 0.25) is 0 Å². The maximum absolute atomic E-state index is 6.79. The first kappa shape index (κ1) is 27.9. The van der Waals surface area contributed by atoms with Gasteiger partial charge in [-0.25, -0.2) is 4.98 Å². The number of benzene rings is 2. The summed E-state index contributed by atoms with van der Waals surface area (Å²) in [4.78, 5) is 5.34. The van der Waals surface area contributed by atoms with E-state index in [-0.39, 0.29) is 17.2 Å². The summed E-state index contributed by atoms with van der Waals surface area (Å²) < 4.78 is 6.79. The van der Waals surface area contributed by atoms with Crippen LogP contribution >= 0.6 is 7.92 Å². The maximum atomic E-state index is 6.79. The largest absolute Gasteiger partial charge is 0.474 e. The van der Waals surface area contributed by atoms with E-state index in [0.29, 0.717) is 17.8 Å². The van der Waals surface area contributed by atoms with E-state index >= 15 is 0 Å². The van der Waals surface area contributed by atoms with E-state index in [9.17, 15) is 0 Å². The van der Waals surface area contributed by atoms with Crippen molar-refractivity contribution in [2.75, 3.05) is 0 Å². The molecule has 1 fully saturated rings. The van der Waals surface area contributed by atoms with Crippen molar-refractivity contribution in [3.05, 3.63) is 108 Å². The van der Waals surface area contributed by atoms with Gasteiger partial charge in [0.2, 0.25) is 5.88 Å². The summed E-state index contributed by atoms with van der Waals surface area (Å²) in [5, 5.41) is 2.77. The molecule has 0 spiro atoms. The van der Waals surface area contributed by atoms with Gasteiger partial charge < -0.3 is 4.74 Å². The van der Waals surface area contributed by atoms with Crippen LogP contribution in [-0.2, 0) is 0 Å². The number of hydrogen-bond donors (Lipinski definition) is 0. The molecule has 3 heteroatoms. The van der Waals surface area contributed by atoms with E-state index < -0.39 is 7.92 Å². The average molecular weight is 538 g/mol. The van der Waals surface area contributed by atoms with E-state index in [0.717, 1.165) is 24.4 Å². The molecular weight excluding hydrogens is 493 g/mol. The van der Waals surface area contributed by atoms with Crippen LogP contribution in [0.3, 0.4) is 0 Å². The fourth-order valence-corrected chi connectivity index (χ4v) is 9.68. The van der Waals surface area contributed by atoms with Gasteiger partial charge in [-0.15, -0.1) is 0 Å². The zero-order valence-corrected chi connectivity index (χ0v) is 25.1. The summed E-state index contributed by atoms with van der Waals surface area (Å²) in [5.41, 5.74) is 2.60. The third-order valence-corrected chi connectivity index (χ3v) is 11.9. The zero-order valence-electron chi connectivity index (χ0n) is 24.3. The highest BCUT2D eigenvalue weighted by atomic mass is 31.1. The summed E-state index contributed by atoms with van der Waals surface area (Å²) in [6.45, 7) is 11.9. The van der Waals surface area contributed by atoms with Crippen LogP contribution < -0.4 is 15.3 Å². The zero-order chi connectivity index (χ0) is 27.4. The molecular formula is C36H44NOP. The molecule has 39 heavy (non-hydrogen) atoms. The van der Waals surface area contributed by atoms with Gasteiger partial charge in [-0.05, 0) is 67.2 Å². The van der Waals surface area contributed by atoms with Crippen LogP contribution in [0, 0.1) is 23.2 Å². The first-order valence-corrected chi connectivity index (χ1v) is 16.2. The number of ether oxygens (including phenoxy) is 1. The Kier molecular flexibility index (Phi) is 8.73. The Morgan fingerprint density at radius 1 is 0.872 bits per heavy atom. The first-order chi connectivity index (χ1) is 18.8. The van der Waals surface area contributed by atoms with Crippen molar-refractivity contribution in [2.45, 2.75) is 72.1 Å². The molecule has 204 valence electrons. The average Bonchev–Trinajstić information content (AvgIpc) is 3.49. The minimum absolute atomic E-state index is 0.115. The highest BCUT2D eigenvalue weighted by Gasteiger charge is 2.42. The molecule has 2 aromatic carbocycles. The summed E-state index contributed by atoms with van der Waals surface area (Å²) in [5.74, 6) is 2.68. The predicted molar refractivity (Wildman–Crippen MR) is 167 cm³/mol. The minimum Gasteiger partial charge on any atom is -0.474 e. The molecule has 0 radical (unpaired) electrons. The molecule has 3 aromatic rings. The molecule has 2 nitrogen and oxygen atoms in total. The van der Waals surface area contributed by atoms with Gasteiger partial charge in [0.15, 0.2) is 0 Å². The van der Waals surface area contributed by atoms with Crippen LogP contribution in [0.15, 0.2) is 103 Å². The summed E-state index contributed by atoms with van der Waals surface area (Å²) in [6, 6.07) is 28.6. The third-order valence-electron chi connectivity index (χ3n) is 8.78. The Labute approximate surface area is 237 Å². The van der Waals surface area contributed by atoms with Gasteiger partial charge in [0.05, 0.1) is 5.69 Å². The van der Waals surface area contributed by atoms with Crippen molar-refractivity contribution in [1.82, 2.24) is 4.98 Å². The molecule has 1 aromatic heterocycles. The second-order valence-corrected chi connectivity index (χ2v) is 14.6. The summed E-state index contributed by atoms with van der Waals surface area (Å²) in [6.07, 6.45) is 11.9. The van der Waals surface area contributed by atoms with E-state index in [4.69, 9.17) is 9.72 Å². The van der Waals surface area contributed by atoms with Crippen molar-refractivity contribution in [3.8, 4) is 5.88 Å². The molecule has 2 aliphatic carbocycles. The highest BCUT2D eigenvalue weighted by Crippen LogP contribution is 2.60. The van der Waals surface area contributed by atoms with E-state index in [1.165, 1.54) is 29.0 Å². The fraction of sp³-hybridized carbons (Fsp3) is 0.417. The number of nitrogens with zero attached hydrogens (tertiary/aromatic N) is 1. The van der Waals surface area contributed by atoms with Crippen molar-refractivity contribution >= 4 is 18.5 Å². The lowest BCUT2D eigenvalue weighted by atomic mass is 9.75. The molecule has 1 heterocycles. The van der Waals surface area contributed by atoms with Crippen molar-refractivity contribution < 1.29 is 4.74 Å². The second kappa shape index (κ2) is 12.2. The molecule has 1 unspecified atom stereocenters. The lowest BCUT2D eigenvalue weighted by Gasteiger charge is -2.41. The topological polar surface area (TPSA) is 22.1 Å². The lowest BCUT2D eigenvalue weighted by molar-refractivity contribution is 0.0424. The SMILES string of the molecule is CC(C)[C@@H]1CC[C@@H](C)C[C@H]1Oc1cccc(C(P(c2ccccc2)c2ccccc2)C(C)(C)C2=CCC=C2)n1. The number of rotatable bonds is 9. The quantitative estimate of drug-likeness (QED) is 0.254. The van der Waals surface area contributed by atoms with Crippen molar-refractivity contribution in [1.29, 1.82) is 0 Å². The minimum atomic E-state index is -0.746. The Bertz CT molecular complexity index is 1240. The Balaban J connectivity index is 1.60. The summed E-state index contributed by atoms with van der Waals surface area (Å²) >= 11 is 0. The van der Waals surface area contributed by atoms with Crippen molar-refractivity contribution in [3.63, 3.8) is 0 Å². The van der Waals surface area contributed by atoms with Gasteiger partial charge >= 0.3 is 0 Å². The second-order valence-electron chi connectivity index (χ2n) is 12.3. The molecule has 0 aliphatic heterocycles. The van der Waals surface area contributed by atoms with Gasteiger partial charge in [0.1, 0.15) is 6.10 Å². The molecule has 0 bridgehead atoms. The molecule has 2 aliphatic rings. The van der Waals surface area contributed by atoms with Crippen LogP contribution in [0.25, 0.3) is 0 Å². The van der Waals surface area contributed by atoms with E-state index in [1.54, 1.807) is 0 Å². The van der Waals surface area contributed by atoms with Crippen LogP contribution in [0.5, 0.6) is 5.88 Å². The van der Waals surface area contributed by atoms with Crippen LogP contribution in [-0.4, -0.2) is 11.1 Å². The molecule has 0 saturated heterocycles. The number of hydrogen-bond acceptors (Lipinski definition) is 2. The highest BCUT2D eigenvalue weighted by molar-refractivity contribution is 7.73. The molecule has 1 saturated carbocycles. The molecule has 5 rings (SSSR count). The Morgan fingerprint density at radius 2 is 1.54 bits per heavy atom. The van der Waals surface area contributed by atoms with Gasteiger partial charge in [-0.1, -0.05) is 126 Å². The molecule has 4 atom stereocenters. The number of pyridine rings is 1. The number of allylic oxidation sites excluding steroid dienone is 4. The standard InChI is InChI=1S/C36H44NOP/c1-26(2)31-24-23-27(3)25-33(31)38-34-22-14-21-32(37-34)35(36(4,5)28-15-12-13-16-28)39(29-17-8-6-9-18-29)30-19-10-7-11-20-30/h6-12,14-22,26-27,31,33,35H,13,23-25H2,1-5H3/t27-,31+,33-,35?/m1/s1. The van der Waals surface area contributed by atoms with E-state index in [2.05, 4.69) is 132 Å². The van der Waals surface area contributed by atoms with Gasteiger partial charge in [0.25, 0.3) is 0 Å².